The summed E-state index contributed by atoms with van der Waals surface area (Å²) >= 11 is 0. The Balaban J connectivity index is 1.98. The van der Waals surface area contributed by atoms with E-state index in [0.717, 1.165) is 31.7 Å². The number of carbonyl (C=O) groups excluding carboxylic acids is 1. The zero-order valence-corrected chi connectivity index (χ0v) is 14.9. The number of amides is 1. The number of benzene rings is 2. The van der Waals surface area contributed by atoms with E-state index in [4.69, 9.17) is 0 Å². The molecule has 142 valence electrons. The minimum atomic E-state index is -4.47. The van der Waals surface area contributed by atoms with Crippen LogP contribution >= 0.6 is 0 Å². The van der Waals surface area contributed by atoms with Gasteiger partial charge in [-0.05, 0) is 60.6 Å². The third-order valence-electron chi connectivity index (χ3n) is 6.08. The Bertz CT molecular complexity index is 899. The van der Waals surface area contributed by atoms with E-state index in [1.807, 2.05) is 0 Å². The summed E-state index contributed by atoms with van der Waals surface area (Å²) in [5.41, 5.74) is -0.108. The molecule has 3 nitrogen and oxygen atoms in total. The molecule has 1 saturated carbocycles. The number of anilines is 1. The van der Waals surface area contributed by atoms with Crippen molar-refractivity contribution in [2.45, 2.75) is 44.2 Å². The summed E-state index contributed by atoms with van der Waals surface area (Å²) in [5, 5.41) is 12.4. The fraction of sp³-hybridized carbons (Fsp3) is 0.381. The fourth-order valence-corrected chi connectivity index (χ4v) is 4.85. The van der Waals surface area contributed by atoms with Crippen molar-refractivity contribution >= 4 is 11.6 Å². The molecule has 1 heterocycles. The third kappa shape index (κ3) is 2.53. The van der Waals surface area contributed by atoms with Crippen molar-refractivity contribution in [3.8, 4) is 5.75 Å². The number of rotatable bonds is 2. The molecule has 27 heavy (non-hydrogen) atoms. The first-order chi connectivity index (χ1) is 12.8. The van der Waals surface area contributed by atoms with Crippen LogP contribution in [0.25, 0.3) is 0 Å². The second kappa shape index (κ2) is 6.01. The number of phenols is 1. The number of halogens is 3. The highest BCUT2D eigenvalue weighted by atomic mass is 19.4. The fourth-order valence-electron chi connectivity index (χ4n) is 4.85. The van der Waals surface area contributed by atoms with E-state index in [-0.39, 0.29) is 28.8 Å². The number of fused-ring (bicyclic) bond motifs is 1. The first kappa shape index (κ1) is 17.9. The molecule has 1 aliphatic carbocycles. The van der Waals surface area contributed by atoms with Crippen LogP contribution < -0.4 is 5.32 Å². The van der Waals surface area contributed by atoms with E-state index < -0.39 is 17.2 Å². The predicted octanol–water partition coefficient (Wildman–Crippen LogP) is 5.15. The molecule has 1 atom stereocenters. The number of hydrogen-bond acceptors (Lipinski definition) is 2. The molecule has 0 saturated heterocycles. The van der Waals surface area contributed by atoms with Gasteiger partial charge < -0.3 is 10.4 Å². The molecular formula is C21H20F3NO2. The normalized spacial score (nSPS) is 22.7. The molecule has 6 heteroatoms. The Hall–Kier alpha value is -2.50. The number of nitrogens with one attached hydrogen (secondary N) is 1. The molecule has 1 unspecified atom stereocenters. The molecule has 2 aromatic carbocycles. The smallest absolute Gasteiger partial charge is 0.416 e. The van der Waals surface area contributed by atoms with Crippen LogP contribution in [0.2, 0.25) is 0 Å². The molecule has 0 spiro atoms. The van der Waals surface area contributed by atoms with E-state index in [0.29, 0.717) is 11.1 Å². The van der Waals surface area contributed by atoms with Crippen LogP contribution in [0, 0.1) is 12.8 Å². The Kier molecular flexibility index (Phi) is 3.98. The van der Waals surface area contributed by atoms with E-state index in [1.165, 1.54) is 25.1 Å². The molecule has 2 aliphatic rings. The summed E-state index contributed by atoms with van der Waals surface area (Å²) in [6.45, 7) is 1.41. The van der Waals surface area contributed by atoms with Gasteiger partial charge in [0.25, 0.3) is 0 Å². The summed E-state index contributed by atoms with van der Waals surface area (Å²) in [6.07, 6.45) is -0.804. The molecule has 0 aromatic heterocycles. The monoisotopic (exact) mass is 375 g/mol. The van der Waals surface area contributed by atoms with E-state index >= 15 is 0 Å². The number of hydrogen-bond donors (Lipinski definition) is 2. The maximum atomic E-state index is 13.3. The molecular weight excluding hydrogens is 355 g/mol. The molecule has 2 aromatic rings. The van der Waals surface area contributed by atoms with Crippen molar-refractivity contribution < 1.29 is 23.1 Å². The lowest BCUT2D eigenvalue weighted by Crippen LogP contribution is -2.42. The summed E-state index contributed by atoms with van der Waals surface area (Å²) in [6, 6.07) is 8.99. The first-order valence-corrected chi connectivity index (χ1v) is 9.08. The Morgan fingerprint density at radius 1 is 1.07 bits per heavy atom. The van der Waals surface area contributed by atoms with E-state index in [9.17, 15) is 23.1 Å². The molecule has 0 bridgehead atoms. The Morgan fingerprint density at radius 3 is 2.30 bits per heavy atom. The quantitative estimate of drug-likeness (QED) is 0.763. The van der Waals surface area contributed by atoms with Gasteiger partial charge in [-0.2, -0.15) is 13.2 Å². The van der Waals surface area contributed by atoms with Gasteiger partial charge in [0, 0.05) is 5.69 Å². The second-order valence-electron chi connectivity index (χ2n) is 7.45. The van der Waals surface area contributed by atoms with Gasteiger partial charge >= 0.3 is 6.18 Å². The molecule has 2 N–H and O–H groups in total. The van der Waals surface area contributed by atoms with Crippen molar-refractivity contribution in [3.63, 3.8) is 0 Å². The zero-order valence-electron chi connectivity index (χ0n) is 14.9. The molecule has 1 fully saturated rings. The zero-order chi connectivity index (χ0) is 19.4. The highest BCUT2D eigenvalue weighted by Crippen LogP contribution is 2.54. The SMILES string of the molecule is Cc1c(C(F)(F)F)ccc2c1NC(=O)C2(c1ccc(O)cc1)C1CCCC1. The number of aromatic hydroxyl groups is 1. The van der Waals surface area contributed by atoms with Crippen molar-refractivity contribution in [2.75, 3.05) is 5.32 Å². The van der Waals surface area contributed by atoms with Gasteiger partial charge in [-0.15, -0.1) is 0 Å². The average Bonchev–Trinajstić information content (AvgIpc) is 3.22. The summed E-state index contributed by atoms with van der Waals surface area (Å²) < 4.78 is 40.0. The van der Waals surface area contributed by atoms with Crippen LogP contribution in [0.4, 0.5) is 18.9 Å². The maximum Gasteiger partial charge on any atom is 0.416 e. The Labute approximate surface area is 155 Å². The van der Waals surface area contributed by atoms with Crippen LogP contribution in [0.15, 0.2) is 36.4 Å². The minimum Gasteiger partial charge on any atom is -0.508 e. The highest BCUT2D eigenvalue weighted by molar-refractivity contribution is 6.10. The first-order valence-electron chi connectivity index (χ1n) is 9.08. The molecule has 0 radical (unpaired) electrons. The van der Waals surface area contributed by atoms with E-state index in [2.05, 4.69) is 5.32 Å². The highest BCUT2D eigenvalue weighted by Gasteiger charge is 2.55. The summed E-state index contributed by atoms with van der Waals surface area (Å²) in [4.78, 5) is 13.3. The van der Waals surface area contributed by atoms with Crippen LogP contribution in [-0.2, 0) is 16.4 Å². The van der Waals surface area contributed by atoms with Crippen molar-refractivity contribution in [1.82, 2.24) is 0 Å². The second-order valence-corrected chi connectivity index (χ2v) is 7.45. The van der Waals surface area contributed by atoms with Crippen LogP contribution in [0.5, 0.6) is 5.75 Å². The van der Waals surface area contributed by atoms with Gasteiger partial charge in [-0.25, -0.2) is 0 Å². The van der Waals surface area contributed by atoms with Gasteiger partial charge in [0.2, 0.25) is 5.91 Å². The summed E-state index contributed by atoms with van der Waals surface area (Å²) in [7, 11) is 0. The van der Waals surface area contributed by atoms with Gasteiger partial charge in [-0.1, -0.05) is 31.0 Å². The minimum absolute atomic E-state index is 0.0134. The van der Waals surface area contributed by atoms with Crippen LogP contribution in [-0.4, -0.2) is 11.0 Å². The number of phenolic OH excluding ortho intramolecular Hbond substituents is 1. The standard InChI is InChI=1S/C21H20F3NO2/c1-12-16(21(22,23)24)10-11-17-18(12)25-19(27)20(17,13-4-2-3-5-13)14-6-8-15(26)9-7-14/h6-11,13,26H,2-5H2,1H3,(H,25,27). The lowest BCUT2D eigenvalue weighted by molar-refractivity contribution is -0.138. The van der Waals surface area contributed by atoms with Crippen molar-refractivity contribution in [2.24, 2.45) is 5.92 Å². The third-order valence-corrected chi connectivity index (χ3v) is 6.08. The van der Waals surface area contributed by atoms with Gasteiger partial charge in [-0.3, -0.25) is 4.79 Å². The molecule has 4 rings (SSSR count). The molecule has 1 amide bonds. The number of alkyl halides is 3. The maximum absolute atomic E-state index is 13.3. The summed E-state index contributed by atoms with van der Waals surface area (Å²) in [5.74, 6) is -0.181. The van der Waals surface area contributed by atoms with Crippen LogP contribution in [0.1, 0.15) is 47.9 Å². The lowest BCUT2D eigenvalue weighted by Gasteiger charge is -2.34. The topological polar surface area (TPSA) is 49.3 Å². The van der Waals surface area contributed by atoms with Crippen molar-refractivity contribution in [1.29, 1.82) is 0 Å². The van der Waals surface area contributed by atoms with Crippen LogP contribution in [0.3, 0.4) is 0 Å². The van der Waals surface area contributed by atoms with Crippen molar-refractivity contribution in [3.05, 3.63) is 58.7 Å². The largest absolute Gasteiger partial charge is 0.508 e. The number of carbonyl (C=O) groups is 1. The predicted molar refractivity (Wildman–Crippen MR) is 95.7 cm³/mol. The Morgan fingerprint density at radius 2 is 1.70 bits per heavy atom. The molecule has 1 aliphatic heterocycles. The van der Waals surface area contributed by atoms with E-state index in [1.54, 1.807) is 12.1 Å². The van der Waals surface area contributed by atoms with Gasteiger partial charge in [0.1, 0.15) is 11.2 Å². The van der Waals surface area contributed by atoms with Gasteiger partial charge in [0.05, 0.1) is 5.56 Å². The lowest BCUT2D eigenvalue weighted by atomic mass is 9.65. The van der Waals surface area contributed by atoms with Gasteiger partial charge in [0.15, 0.2) is 0 Å². The average molecular weight is 375 g/mol.